The molecule has 0 unspecified atom stereocenters. The molecule has 4 heterocycles. The van der Waals surface area contributed by atoms with Crippen molar-refractivity contribution in [2.75, 3.05) is 18.4 Å². The minimum Gasteiger partial charge on any atom is -0.364 e. The van der Waals surface area contributed by atoms with Crippen molar-refractivity contribution in [1.82, 2.24) is 24.7 Å². The van der Waals surface area contributed by atoms with Gasteiger partial charge in [-0.25, -0.2) is 9.97 Å². The summed E-state index contributed by atoms with van der Waals surface area (Å²) in [5, 5.41) is 7.98. The summed E-state index contributed by atoms with van der Waals surface area (Å²) in [6.45, 7) is 1.89. The van der Waals surface area contributed by atoms with E-state index in [-0.39, 0.29) is 6.04 Å². The van der Waals surface area contributed by atoms with E-state index in [4.69, 9.17) is 10.7 Å². The number of carbonyl (C=O) groups is 1. The lowest BCUT2D eigenvalue weighted by molar-refractivity contribution is 0.0994. The van der Waals surface area contributed by atoms with Crippen LogP contribution in [0.3, 0.4) is 0 Å². The maximum atomic E-state index is 12.1. The molecule has 1 saturated heterocycles. The predicted molar refractivity (Wildman–Crippen MR) is 137 cm³/mol. The van der Waals surface area contributed by atoms with Crippen molar-refractivity contribution in [3.05, 3.63) is 78.9 Å². The van der Waals surface area contributed by atoms with Crippen molar-refractivity contribution in [1.29, 1.82) is 0 Å². The minimum absolute atomic E-state index is 0.253. The number of primary amides is 1. The Morgan fingerprint density at radius 1 is 1.03 bits per heavy atom. The molecule has 8 heteroatoms. The fraction of sp³-hybridized carbons (Fsp3) is 0.185. The number of piperidine rings is 1. The second kappa shape index (κ2) is 8.81. The van der Waals surface area contributed by atoms with Crippen LogP contribution in [0.1, 0.15) is 23.3 Å². The number of anilines is 1. The Morgan fingerprint density at radius 3 is 2.77 bits per heavy atom. The Morgan fingerprint density at radius 2 is 1.91 bits per heavy atom. The van der Waals surface area contributed by atoms with E-state index in [9.17, 15) is 4.79 Å². The summed E-state index contributed by atoms with van der Waals surface area (Å²) in [4.78, 5) is 26.1. The molecule has 5 aromatic rings. The van der Waals surface area contributed by atoms with Gasteiger partial charge in [-0.1, -0.05) is 36.4 Å². The molecule has 4 N–H and O–H groups in total. The zero-order valence-electron chi connectivity index (χ0n) is 19.1. The van der Waals surface area contributed by atoms with E-state index in [0.717, 1.165) is 59.2 Å². The van der Waals surface area contributed by atoms with Crippen LogP contribution in [0.4, 0.5) is 5.82 Å². The van der Waals surface area contributed by atoms with Gasteiger partial charge >= 0.3 is 0 Å². The number of nitrogens with one attached hydrogen (secondary N) is 2. The van der Waals surface area contributed by atoms with Crippen LogP contribution in [0.5, 0.6) is 0 Å². The minimum atomic E-state index is -0.548. The van der Waals surface area contributed by atoms with Gasteiger partial charge in [0.1, 0.15) is 5.69 Å². The van der Waals surface area contributed by atoms with Crippen LogP contribution in [0.2, 0.25) is 0 Å². The number of nitrogens with two attached hydrogens (primary N) is 1. The van der Waals surface area contributed by atoms with Gasteiger partial charge in [0, 0.05) is 41.5 Å². The number of imidazole rings is 1. The second-order valence-corrected chi connectivity index (χ2v) is 8.86. The summed E-state index contributed by atoms with van der Waals surface area (Å²) in [7, 11) is 0. The highest BCUT2D eigenvalue weighted by atomic mass is 16.1. The first-order valence-corrected chi connectivity index (χ1v) is 11.8. The zero-order valence-corrected chi connectivity index (χ0v) is 19.1. The maximum absolute atomic E-state index is 12.1. The van der Waals surface area contributed by atoms with Gasteiger partial charge in [0.25, 0.3) is 5.91 Å². The lowest BCUT2D eigenvalue weighted by Crippen LogP contribution is -2.38. The van der Waals surface area contributed by atoms with E-state index in [2.05, 4.69) is 44.9 Å². The van der Waals surface area contributed by atoms with Gasteiger partial charge in [0.15, 0.2) is 11.5 Å². The summed E-state index contributed by atoms with van der Waals surface area (Å²) < 4.78 is 1.73. The molecule has 8 nitrogen and oxygen atoms in total. The second-order valence-electron chi connectivity index (χ2n) is 8.86. The number of rotatable bonds is 5. The standard InChI is InChI=1S/C27H25N7O/c28-25(35)24-15-31-26(32-21-8-4-10-29-14-21)27-33-23(16-34(24)27)19-7-3-6-17(11-19)20-12-18-5-1-2-9-22(18)30-13-20/h1-3,5-7,9,11-13,15-16,21,29H,4,8,10,14H2,(H2,28,35)(H,31,32)/t21-/m0/s1. The third kappa shape index (κ3) is 4.08. The van der Waals surface area contributed by atoms with E-state index >= 15 is 0 Å². The van der Waals surface area contributed by atoms with E-state index < -0.39 is 5.91 Å². The van der Waals surface area contributed by atoms with Crippen molar-refractivity contribution in [3.63, 3.8) is 0 Å². The summed E-state index contributed by atoms with van der Waals surface area (Å²) in [6, 6.07) is 18.6. The molecule has 0 saturated carbocycles. The number of fused-ring (bicyclic) bond motifs is 2. The molecule has 0 radical (unpaired) electrons. The van der Waals surface area contributed by atoms with Crippen LogP contribution in [0, 0.1) is 0 Å². The first kappa shape index (κ1) is 21.2. The number of aromatic nitrogens is 4. The fourth-order valence-corrected chi connectivity index (χ4v) is 4.66. The third-order valence-corrected chi connectivity index (χ3v) is 6.47. The molecule has 35 heavy (non-hydrogen) atoms. The molecule has 0 bridgehead atoms. The van der Waals surface area contributed by atoms with E-state index in [1.165, 1.54) is 6.20 Å². The molecule has 1 amide bonds. The average molecular weight is 464 g/mol. The summed E-state index contributed by atoms with van der Waals surface area (Å²) in [5.74, 6) is 0.0955. The largest absolute Gasteiger partial charge is 0.364 e. The molecule has 1 atom stereocenters. The van der Waals surface area contributed by atoms with E-state index in [1.807, 2.05) is 42.7 Å². The summed E-state index contributed by atoms with van der Waals surface area (Å²) >= 11 is 0. The number of hydrogen-bond donors (Lipinski definition) is 3. The quantitative estimate of drug-likeness (QED) is 0.365. The first-order valence-electron chi connectivity index (χ1n) is 11.8. The van der Waals surface area contributed by atoms with Crippen molar-refractivity contribution < 1.29 is 4.79 Å². The molecule has 1 fully saturated rings. The smallest absolute Gasteiger partial charge is 0.267 e. The monoisotopic (exact) mass is 463 g/mol. The number of amides is 1. The van der Waals surface area contributed by atoms with Gasteiger partial charge in [0.05, 0.1) is 17.4 Å². The van der Waals surface area contributed by atoms with Gasteiger partial charge in [-0.2, -0.15) is 0 Å². The molecular formula is C27H25N7O. The SMILES string of the molecule is NC(=O)c1cnc(N[C@H]2CCCNC2)c2nc(-c3cccc(-c4cnc5ccccc5c4)c3)cn12. The Kier molecular flexibility index (Phi) is 5.35. The highest BCUT2D eigenvalue weighted by Gasteiger charge is 2.19. The van der Waals surface area contributed by atoms with Crippen molar-refractivity contribution in [2.24, 2.45) is 5.73 Å². The number of hydrogen-bond acceptors (Lipinski definition) is 6. The average Bonchev–Trinajstić information content (AvgIpc) is 3.35. The number of pyridine rings is 1. The topological polar surface area (TPSA) is 110 Å². The highest BCUT2D eigenvalue weighted by molar-refractivity contribution is 5.92. The Bertz CT molecular complexity index is 1550. The Labute approximate surface area is 202 Å². The van der Waals surface area contributed by atoms with Gasteiger partial charge in [0.2, 0.25) is 0 Å². The van der Waals surface area contributed by atoms with E-state index in [0.29, 0.717) is 17.2 Å². The molecule has 0 spiro atoms. The normalized spacial score (nSPS) is 15.9. The number of nitrogens with zero attached hydrogens (tertiary/aromatic N) is 4. The first-order chi connectivity index (χ1) is 17.2. The lowest BCUT2D eigenvalue weighted by Gasteiger charge is -2.24. The Hall–Kier alpha value is -4.30. The predicted octanol–water partition coefficient (Wildman–Crippen LogP) is 3.87. The molecule has 3 aromatic heterocycles. The molecule has 174 valence electrons. The van der Waals surface area contributed by atoms with Crippen molar-refractivity contribution in [3.8, 4) is 22.4 Å². The van der Waals surface area contributed by atoms with E-state index in [1.54, 1.807) is 4.40 Å². The van der Waals surface area contributed by atoms with Crippen LogP contribution in [-0.2, 0) is 0 Å². The van der Waals surface area contributed by atoms with Gasteiger partial charge in [-0.05, 0) is 43.1 Å². The van der Waals surface area contributed by atoms with Gasteiger partial charge < -0.3 is 16.4 Å². The van der Waals surface area contributed by atoms with Crippen molar-refractivity contribution >= 4 is 28.3 Å². The number of para-hydroxylation sites is 1. The van der Waals surface area contributed by atoms with Crippen molar-refractivity contribution in [2.45, 2.75) is 18.9 Å². The lowest BCUT2D eigenvalue weighted by atomic mass is 10.0. The third-order valence-electron chi connectivity index (χ3n) is 6.47. The van der Waals surface area contributed by atoms with Crippen LogP contribution in [-0.4, -0.2) is 44.4 Å². The molecule has 6 rings (SSSR count). The van der Waals surface area contributed by atoms with Crippen LogP contribution in [0.15, 0.2) is 73.2 Å². The van der Waals surface area contributed by atoms with Gasteiger partial charge in [-0.15, -0.1) is 0 Å². The molecule has 1 aliphatic heterocycles. The maximum Gasteiger partial charge on any atom is 0.267 e. The molecule has 1 aliphatic rings. The Balaban J connectivity index is 1.41. The van der Waals surface area contributed by atoms with Crippen LogP contribution >= 0.6 is 0 Å². The van der Waals surface area contributed by atoms with Crippen LogP contribution in [0.25, 0.3) is 38.9 Å². The van der Waals surface area contributed by atoms with Gasteiger partial charge in [-0.3, -0.25) is 14.2 Å². The van der Waals surface area contributed by atoms with Crippen LogP contribution < -0.4 is 16.4 Å². The molecule has 2 aromatic carbocycles. The summed E-state index contributed by atoms with van der Waals surface area (Å²) in [6.07, 6.45) is 7.40. The summed E-state index contributed by atoms with van der Waals surface area (Å²) in [5.41, 5.74) is 11.2. The number of benzene rings is 2. The number of carbonyl (C=O) groups excluding carboxylic acids is 1. The zero-order chi connectivity index (χ0) is 23.8. The molecular weight excluding hydrogens is 438 g/mol. The fourth-order valence-electron chi connectivity index (χ4n) is 4.66. The highest BCUT2D eigenvalue weighted by Crippen LogP contribution is 2.29. The molecule has 0 aliphatic carbocycles.